The lowest BCUT2D eigenvalue weighted by atomic mass is 9.65. The lowest BCUT2D eigenvalue weighted by Gasteiger charge is -2.45. The van der Waals surface area contributed by atoms with Crippen LogP contribution in [0.1, 0.15) is 26.7 Å². The van der Waals surface area contributed by atoms with E-state index in [1.54, 1.807) is 0 Å². The van der Waals surface area contributed by atoms with Crippen molar-refractivity contribution in [2.45, 2.75) is 32.2 Å². The molecular formula is C8H17NO. The van der Waals surface area contributed by atoms with Crippen LogP contribution < -0.4 is 5.73 Å². The first-order chi connectivity index (χ1) is 4.57. The van der Waals surface area contributed by atoms with Crippen molar-refractivity contribution in [3.05, 3.63) is 0 Å². The van der Waals surface area contributed by atoms with Gasteiger partial charge < -0.3 is 10.8 Å². The van der Waals surface area contributed by atoms with E-state index in [1.807, 2.05) is 0 Å². The van der Waals surface area contributed by atoms with Crippen molar-refractivity contribution in [1.82, 2.24) is 0 Å². The molecule has 1 saturated carbocycles. The zero-order chi connectivity index (χ0) is 7.78. The van der Waals surface area contributed by atoms with Crippen molar-refractivity contribution in [1.29, 1.82) is 0 Å². The summed E-state index contributed by atoms with van der Waals surface area (Å²) in [7, 11) is 0. The van der Waals surface area contributed by atoms with E-state index in [-0.39, 0.29) is 12.1 Å². The van der Waals surface area contributed by atoms with Gasteiger partial charge in [-0.05, 0) is 24.7 Å². The average molecular weight is 143 g/mol. The number of nitrogens with two attached hydrogens (primary N) is 1. The fraction of sp³-hybridized carbons (Fsp3) is 1.00. The summed E-state index contributed by atoms with van der Waals surface area (Å²) >= 11 is 0. The average Bonchev–Trinajstić information content (AvgIpc) is 1.80. The summed E-state index contributed by atoms with van der Waals surface area (Å²) in [6.45, 7) is 4.57. The maximum atomic E-state index is 8.82. The maximum Gasteiger partial charge on any atom is 0.0611 e. The molecule has 3 N–H and O–H groups in total. The summed E-state index contributed by atoms with van der Waals surface area (Å²) in [5.41, 5.74) is 5.55. The molecule has 0 atom stereocenters. The molecule has 60 valence electrons. The summed E-state index contributed by atoms with van der Waals surface area (Å²) in [6.07, 6.45) is 2.00. The predicted octanol–water partition coefficient (Wildman–Crippen LogP) is 0.742. The molecule has 0 unspecified atom stereocenters. The van der Waals surface area contributed by atoms with E-state index >= 15 is 0 Å². The Labute approximate surface area is 62.4 Å². The van der Waals surface area contributed by atoms with Gasteiger partial charge in [-0.25, -0.2) is 0 Å². The van der Waals surface area contributed by atoms with E-state index in [9.17, 15) is 0 Å². The Morgan fingerprint density at radius 1 is 1.60 bits per heavy atom. The second-order valence-corrected chi connectivity index (χ2v) is 3.93. The van der Waals surface area contributed by atoms with Crippen LogP contribution in [0.2, 0.25) is 0 Å². The Morgan fingerprint density at radius 2 is 2.10 bits per heavy atom. The lowest BCUT2D eigenvalue weighted by Crippen LogP contribution is -2.55. The summed E-state index contributed by atoms with van der Waals surface area (Å²) < 4.78 is 0. The minimum Gasteiger partial charge on any atom is -0.394 e. The maximum absolute atomic E-state index is 8.82. The molecule has 1 aliphatic carbocycles. The molecule has 0 heterocycles. The smallest absolute Gasteiger partial charge is 0.0611 e. The normalized spacial score (nSPS) is 39.9. The van der Waals surface area contributed by atoms with E-state index in [4.69, 9.17) is 10.8 Å². The van der Waals surface area contributed by atoms with Gasteiger partial charge in [0.2, 0.25) is 0 Å². The van der Waals surface area contributed by atoms with E-state index in [0.717, 1.165) is 24.7 Å². The highest BCUT2D eigenvalue weighted by Gasteiger charge is 2.41. The first-order valence-corrected chi connectivity index (χ1v) is 3.97. The number of aliphatic hydroxyl groups excluding tert-OH is 1. The quantitative estimate of drug-likeness (QED) is 0.599. The van der Waals surface area contributed by atoms with Crippen molar-refractivity contribution in [2.75, 3.05) is 6.61 Å². The monoisotopic (exact) mass is 143 g/mol. The van der Waals surface area contributed by atoms with Gasteiger partial charge in [0, 0.05) is 5.54 Å². The number of rotatable bonds is 2. The Morgan fingerprint density at radius 3 is 2.40 bits per heavy atom. The molecule has 2 heteroatoms. The summed E-state index contributed by atoms with van der Waals surface area (Å²) in [6, 6.07) is 0. The molecule has 0 saturated heterocycles. The Hall–Kier alpha value is -0.0800. The van der Waals surface area contributed by atoms with Crippen LogP contribution in [-0.4, -0.2) is 17.3 Å². The van der Waals surface area contributed by atoms with Crippen LogP contribution in [0.3, 0.4) is 0 Å². The van der Waals surface area contributed by atoms with Gasteiger partial charge in [0.25, 0.3) is 0 Å². The van der Waals surface area contributed by atoms with Crippen LogP contribution in [0.4, 0.5) is 0 Å². The SMILES string of the molecule is CC(C)C1CC(N)(CO)C1. The molecule has 1 fully saturated rings. The zero-order valence-corrected chi connectivity index (χ0v) is 6.80. The minimum absolute atomic E-state index is 0.149. The number of hydrogen-bond donors (Lipinski definition) is 2. The molecule has 0 spiro atoms. The van der Waals surface area contributed by atoms with Crippen molar-refractivity contribution in [2.24, 2.45) is 17.6 Å². The molecule has 0 amide bonds. The van der Waals surface area contributed by atoms with Crippen LogP contribution in [0.25, 0.3) is 0 Å². The molecule has 10 heavy (non-hydrogen) atoms. The predicted molar refractivity (Wildman–Crippen MR) is 41.6 cm³/mol. The topological polar surface area (TPSA) is 46.2 Å². The van der Waals surface area contributed by atoms with Crippen LogP contribution in [0, 0.1) is 11.8 Å². The highest BCUT2D eigenvalue weighted by atomic mass is 16.3. The Bertz CT molecular complexity index is 116. The van der Waals surface area contributed by atoms with Gasteiger partial charge in [0.05, 0.1) is 6.61 Å². The van der Waals surface area contributed by atoms with E-state index in [2.05, 4.69) is 13.8 Å². The Balaban J connectivity index is 2.29. The summed E-state index contributed by atoms with van der Waals surface area (Å²) in [5.74, 6) is 1.47. The molecule has 0 radical (unpaired) electrons. The van der Waals surface area contributed by atoms with Crippen LogP contribution in [-0.2, 0) is 0 Å². The Kier molecular flexibility index (Phi) is 2.02. The summed E-state index contributed by atoms with van der Waals surface area (Å²) in [5, 5.41) is 8.82. The highest BCUT2D eigenvalue weighted by molar-refractivity contribution is 4.98. The molecular weight excluding hydrogens is 126 g/mol. The molecule has 0 aromatic rings. The van der Waals surface area contributed by atoms with Crippen molar-refractivity contribution < 1.29 is 5.11 Å². The van der Waals surface area contributed by atoms with Crippen LogP contribution in [0.5, 0.6) is 0 Å². The number of aliphatic hydroxyl groups is 1. The van der Waals surface area contributed by atoms with Gasteiger partial charge in [-0.2, -0.15) is 0 Å². The zero-order valence-electron chi connectivity index (χ0n) is 6.80. The van der Waals surface area contributed by atoms with E-state index in [0.29, 0.717) is 0 Å². The van der Waals surface area contributed by atoms with Crippen LogP contribution >= 0.6 is 0 Å². The molecule has 0 aromatic carbocycles. The van der Waals surface area contributed by atoms with Crippen LogP contribution in [0.15, 0.2) is 0 Å². The standard InChI is InChI=1S/C8H17NO/c1-6(2)7-3-8(9,4-7)5-10/h6-7,10H,3-5,9H2,1-2H3. The highest BCUT2D eigenvalue weighted by Crippen LogP contribution is 2.39. The van der Waals surface area contributed by atoms with Crippen molar-refractivity contribution in [3.8, 4) is 0 Å². The van der Waals surface area contributed by atoms with Gasteiger partial charge in [-0.3, -0.25) is 0 Å². The molecule has 1 rings (SSSR count). The molecule has 0 aliphatic heterocycles. The molecule has 2 nitrogen and oxygen atoms in total. The third kappa shape index (κ3) is 1.32. The largest absolute Gasteiger partial charge is 0.394 e. The second kappa shape index (κ2) is 2.51. The first kappa shape index (κ1) is 8.02. The van der Waals surface area contributed by atoms with Gasteiger partial charge >= 0.3 is 0 Å². The van der Waals surface area contributed by atoms with Gasteiger partial charge in [0.15, 0.2) is 0 Å². The summed E-state index contributed by atoms with van der Waals surface area (Å²) in [4.78, 5) is 0. The van der Waals surface area contributed by atoms with Gasteiger partial charge in [-0.15, -0.1) is 0 Å². The first-order valence-electron chi connectivity index (χ1n) is 3.97. The van der Waals surface area contributed by atoms with Crippen molar-refractivity contribution in [3.63, 3.8) is 0 Å². The molecule has 0 bridgehead atoms. The fourth-order valence-corrected chi connectivity index (χ4v) is 1.59. The van der Waals surface area contributed by atoms with Gasteiger partial charge in [0.1, 0.15) is 0 Å². The fourth-order valence-electron chi connectivity index (χ4n) is 1.59. The number of hydrogen-bond acceptors (Lipinski definition) is 2. The van der Waals surface area contributed by atoms with E-state index < -0.39 is 0 Å². The molecule has 1 aliphatic rings. The third-order valence-corrected chi connectivity index (χ3v) is 2.60. The second-order valence-electron chi connectivity index (χ2n) is 3.93. The third-order valence-electron chi connectivity index (χ3n) is 2.60. The van der Waals surface area contributed by atoms with Gasteiger partial charge in [-0.1, -0.05) is 13.8 Å². The minimum atomic E-state index is -0.227. The molecule has 0 aromatic heterocycles. The van der Waals surface area contributed by atoms with E-state index in [1.165, 1.54) is 0 Å². The van der Waals surface area contributed by atoms with Crippen molar-refractivity contribution >= 4 is 0 Å². The lowest BCUT2D eigenvalue weighted by molar-refractivity contribution is 0.0491.